The van der Waals surface area contributed by atoms with Crippen molar-refractivity contribution in [3.05, 3.63) is 23.8 Å². The smallest absolute Gasteiger partial charge is 0.340 e. The van der Waals surface area contributed by atoms with Crippen molar-refractivity contribution in [3.63, 3.8) is 0 Å². The Morgan fingerprint density at radius 2 is 1.94 bits per heavy atom. The molecule has 1 aromatic carbocycles. The highest BCUT2D eigenvalue weighted by Crippen LogP contribution is 2.27. The molecule has 0 saturated heterocycles. The third kappa shape index (κ3) is 3.37. The number of anilines is 2. The first kappa shape index (κ1) is 14.3. The van der Waals surface area contributed by atoms with Gasteiger partial charge in [-0.3, -0.25) is 0 Å². The van der Waals surface area contributed by atoms with Crippen LogP contribution in [0.1, 0.15) is 10.4 Å². The first-order chi connectivity index (χ1) is 8.47. The summed E-state index contributed by atoms with van der Waals surface area (Å²) >= 11 is 0. The lowest BCUT2D eigenvalue weighted by Gasteiger charge is -2.24. The van der Waals surface area contributed by atoms with Crippen molar-refractivity contribution in [3.8, 4) is 0 Å². The maximum Gasteiger partial charge on any atom is 0.340 e. The topological polar surface area (TPSA) is 58.8 Å². The Morgan fingerprint density at radius 1 is 1.28 bits per heavy atom. The van der Waals surface area contributed by atoms with E-state index in [4.69, 9.17) is 10.5 Å². The van der Waals surface area contributed by atoms with Crippen molar-refractivity contribution < 1.29 is 9.53 Å². The molecule has 0 aliphatic carbocycles. The van der Waals surface area contributed by atoms with Gasteiger partial charge in [-0.05, 0) is 26.2 Å². The van der Waals surface area contributed by atoms with E-state index in [2.05, 4.69) is 4.90 Å². The molecule has 0 amide bonds. The molecule has 0 aromatic heterocycles. The average Bonchev–Trinajstić information content (AvgIpc) is 2.34. The molecule has 100 valence electrons. The Hall–Kier alpha value is -1.75. The fraction of sp³-hybridized carbons (Fsp3) is 0.462. The van der Waals surface area contributed by atoms with Gasteiger partial charge in [0.15, 0.2) is 0 Å². The predicted octanol–water partition coefficient (Wildman–Crippen LogP) is 1.05. The van der Waals surface area contributed by atoms with Gasteiger partial charge in [0, 0.05) is 20.1 Å². The molecule has 18 heavy (non-hydrogen) atoms. The van der Waals surface area contributed by atoms with Crippen LogP contribution in [-0.4, -0.2) is 52.2 Å². The second-order valence-corrected chi connectivity index (χ2v) is 4.46. The molecule has 0 aliphatic rings. The Balaban J connectivity index is 3.01. The highest BCUT2D eigenvalue weighted by molar-refractivity contribution is 5.99. The highest BCUT2D eigenvalue weighted by atomic mass is 16.5. The fourth-order valence-electron chi connectivity index (χ4n) is 1.72. The number of rotatable bonds is 5. The summed E-state index contributed by atoms with van der Waals surface area (Å²) in [5, 5.41) is 0. The van der Waals surface area contributed by atoms with Crippen LogP contribution in [0.25, 0.3) is 0 Å². The van der Waals surface area contributed by atoms with Crippen LogP contribution >= 0.6 is 0 Å². The minimum Gasteiger partial charge on any atom is -0.465 e. The molecule has 1 aromatic rings. The normalized spacial score (nSPS) is 10.5. The maximum absolute atomic E-state index is 11.7. The summed E-state index contributed by atoms with van der Waals surface area (Å²) in [5.41, 5.74) is 7.77. The second kappa shape index (κ2) is 6.26. The lowest BCUT2D eigenvalue weighted by molar-refractivity contribution is 0.0601. The number of likely N-dealkylation sites (N-methyl/N-ethyl adjacent to an activating group) is 2. The minimum absolute atomic E-state index is 0.367. The van der Waals surface area contributed by atoms with E-state index in [1.165, 1.54) is 7.11 Å². The van der Waals surface area contributed by atoms with Crippen molar-refractivity contribution >= 4 is 17.3 Å². The number of ether oxygens (including phenoxy) is 1. The molecule has 0 bridgehead atoms. The summed E-state index contributed by atoms with van der Waals surface area (Å²) in [7, 11) is 7.30. The quantitative estimate of drug-likeness (QED) is 0.626. The Kier molecular flexibility index (Phi) is 4.97. The van der Waals surface area contributed by atoms with Crippen LogP contribution in [0.4, 0.5) is 11.4 Å². The van der Waals surface area contributed by atoms with Crippen LogP contribution in [0, 0.1) is 0 Å². The van der Waals surface area contributed by atoms with Gasteiger partial charge in [0.25, 0.3) is 0 Å². The molecule has 0 saturated carbocycles. The number of nitrogen functional groups attached to an aromatic ring is 1. The van der Waals surface area contributed by atoms with E-state index in [0.29, 0.717) is 11.3 Å². The van der Waals surface area contributed by atoms with E-state index in [1.54, 1.807) is 18.2 Å². The second-order valence-electron chi connectivity index (χ2n) is 4.46. The Bertz CT molecular complexity index is 419. The van der Waals surface area contributed by atoms with E-state index in [9.17, 15) is 4.79 Å². The van der Waals surface area contributed by atoms with Gasteiger partial charge in [0.1, 0.15) is 0 Å². The van der Waals surface area contributed by atoms with E-state index in [1.807, 2.05) is 26.0 Å². The molecule has 0 unspecified atom stereocenters. The summed E-state index contributed by atoms with van der Waals surface area (Å²) in [4.78, 5) is 15.8. The number of esters is 1. The molecule has 0 aliphatic heterocycles. The molecule has 1 rings (SSSR count). The molecule has 0 atom stereocenters. The van der Waals surface area contributed by atoms with E-state index in [-0.39, 0.29) is 5.97 Å². The van der Waals surface area contributed by atoms with Crippen molar-refractivity contribution in [1.29, 1.82) is 0 Å². The molecule has 0 heterocycles. The van der Waals surface area contributed by atoms with Gasteiger partial charge in [-0.25, -0.2) is 4.79 Å². The number of carbonyl (C=O) groups excluding carboxylic acids is 1. The number of nitrogens with zero attached hydrogens (tertiary/aromatic N) is 2. The van der Waals surface area contributed by atoms with Gasteiger partial charge in [0.2, 0.25) is 0 Å². The first-order valence-corrected chi connectivity index (χ1v) is 5.80. The maximum atomic E-state index is 11.7. The largest absolute Gasteiger partial charge is 0.465 e. The molecule has 0 spiro atoms. The Labute approximate surface area is 108 Å². The number of hydrogen-bond donors (Lipinski definition) is 1. The van der Waals surface area contributed by atoms with Gasteiger partial charge >= 0.3 is 5.97 Å². The van der Waals surface area contributed by atoms with Gasteiger partial charge in [-0.2, -0.15) is 0 Å². The molecule has 0 fully saturated rings. The molecule has 5 nitrogen and oxygen atoms in total. The van der Waals surface area contributed by atoms with Crippen molar-refractivity contribution in [2.75, 3.05) is 52.0 Å². The predicted molar refractivity (Wildman–Crippen MR) is 74.0 cm³/mol. The zero-order valence-corrected chi connectivity index (χ0v) is 11.4. The molecule has 0 radical (unpaired) electrons. The van der Waals surface area contributed by atoms with Gasteiger partial charge < -0.3 is 20.3 Å². The van der Waals surface area contributed by atoms with E-state index in [0.717, 1.165) is 18.8 Å². The molecular weight excluding hydrogens is 230 g/mol. The monoisotopic (exact) mass is 251 g/mol. The van der Waals surface area contributed by atoms with Gasteiger partial charge in [-0.1, -0.05) is 6.07 Å². The van der Waals surface area contributed by atoms with Gasteiger partial charge in [0.05, 0.1) is 24.0 Å². The first-order valence-electron chi connectivity index (χ1n) is 5.80. The van der Waals surface area contributed by atoms with Crippen molar-refractivity contribution in [2.24, 2.45) is 0 Å². The van der Waals surface area contributed by atoms with Crippen LogP contribution in [-0.2, 0) is 4.74 Å². The Morgan fingerprint density at radius 3 is 2.50 bits per heavy atom. The van der Waals surface area contributed by atoms with E-state index >= 15 is 0 Å². The summed E-state index contributed by atoms with van der Waals surface area (Å²) in [5.74, 6) is -0.367. The summed E-state index contributed by atoms with van der Waals surface area (Å²) in [6.45, 7) is 1.66. The third-order valence-corrected chi connectivity index (χ3v) is 2.74. The number of nitrogens with two attached hydrogens (primary N) is 1. The van der Waals surface area contributed by atoms with Gasteiger partial charge in [-0.15, -0.1) is 0 Å². The fourth-order valence-corrected chi connectivity index (χ4v) is 1.72. The number of carbonyl (C=O) groups is 1. The molecular formula is C13H21N3O2. The molecule has 5 heteroatoms. The lowest BCUT2D eigenvalue weighted by atomic mass is 10.1. The van der Waals surface area contributed by atoms with Crippen LogP contribution in [0.5, 0.6) is 0 Å². The van der Waals surface area contributed by atoms with Crippen LogP contribution in [0.3, 0.4) is 0 Å². The number of hydrogen-bond acceptors (Lipinski definition) is 5. The standard InChI is InChI=1S/C13H21N3O2/c1-15(2)8-9-16(3)12-10(13(17)18-4)6-5-7-11(12)14/h5-7H,8-9,14H2,1-4H3. The SMILES string of the molecule is COC(=O)c1cccc(N)c1N(C)CCN(C)C. The third-order valence-electron chi connectivity index (χ3n) is 2.74. The zero-order chi connectivity index (χ0) is 13.7. The number of benzene rings is 1. The minimum atomic E-state index is -0.367. The average molecular weight is 251 g/mol. The number of para-hydroxylation sites is 1. The highest BCUT2D eigenvalue weighted by Gasteiger charge is 2.17. The lowest BCUT2D eigenvalue weighted by Crippen LogP contribution is -2.30. The van der Waals surface area contributed by atoms with E-state index < -0.39 is 0 Å². The van der Waals surface area contributed by atoms with Crippen LogP contribution in [0.15, 0.2) is 18.2 Å². The number of methoxy groups -OCH3 is 1. The summed E-state index contributed by atoms with van der Waals surface area (Å²) < 4.78 is 4.78. The molecule has 2 N–H and O–H groups in total. The van der Waals surface area contributed by atoms with Crippen LogP contribution in [0.2, 0.25) is 0 Å². The van der Waals surface area contributed by atoms with Crippen LogP contribution < -0.4 is 10.6 Å². The summed E-state index contributed by atoms with van der Waals surface area (Å²) in [6.07, 6.45) is 0. The van der Waals surface area contributed by atoms with Crippen molar-refractivity contribution in [1.82, 2.24) is 4.90 Å². The summed E-state index contributed by atoms with van der Waals surface area (Å²) in [6, 6.07) is 5.27. The zero-order valence-electron chi connectivity index (χ0n) is 11.4. The van der Waals surface area contributed by atoms with Crippen molar-refractivity contribution in [2.45, 2.75) is 0 Å².